The standard InChI is InChI=1S/C23H22N6O3/c1-15-17(13-24-29(15)22-25-20(30)19-7-4-10-28(19)26-22)21(31)27-11-8-23(9-12-27)18-6-3-2-5-16(18)14-32-23/h2-7,10,13H,8-9,11-12,14H2,1H3,(H,25,26,30). The number of aromatic nitrogens is 5. The Morgan fingerprint density at radius 2 is 1.97 bits per heavy atom. The molecule has 1 N–H and O–H groups in total. The number of fused-ring (bicyclic) bond motifs is 3. The molecule has 5 heterocycles. The molecule has 2 aliphatic rings. The van der Waals surface area contributed by atoms with Crippen LogP contribution >= 0.6 is 0 Å². The van der Waals surface area contributed by atoms with Crippen LogP contribution in [0.4, 0.5) is 0 Å². The summed E-state index contributed by atoms with van der Waals surface area (Å²) in [4.78, 5) is 30.2. The second-order valence-corrected chi connectivity index (χ2v) is 8.40. The van der Waals surface area contributed by atoms with Gasteiger partial charge >= 0.3 is 0 Å². The summed E-state index contributed by atoms with van der Waals surface area (Å²) >= 11 is 0. The van der Waals surface area contributed by atoms with E-state index in [4.69, 9.17) is 4.74 Å². The van der Waals surface area contributed by atoms with Crippen molar-refractivity contribution >= 4 is 11.4 Å². The molecular formula is C23H22N6O3. The molecule has 9 nitrogen and oxygen atoms in total. The predicted octanol–water partition coefficient (Wildman–Crippen LogP) is 2.18. The molecule has 3 aromatic heterocycles. The number of benzene rings is 1. The Morgan fingerprint density at radius 1 is 1.16 bits per heavy atom. The highest BCUT2D eigenvalue weighted by Crippen LogP contribution is 2.44. The van der Waals surface area contributed by atoms with Gasteiger partial charge in [-0.2, -0.15) is 5.10 Å². The highest BCUT2D eigenvalue weighted by Gasteiger charge is 2.43. The van der Waals surface area contributed by atoms with Gasteiger partial charge in [-0.25, -0.2) is 9.20 Å². The van der Waals surface area contributed by atoms with Gasteiger partial charge in [-0.1, -0.05) is 24.3 Å². The van der Waals surface area contributed by atoms with Gasteiger partial charge in [0.1, 0.15) is 5.52 Å². The maximum atomic E-state index is 13.3. The number of H-pyrrole nitrogens is 1. The fourth-order valence-electron chi connectivity index (χ4n) is 4.90. The zero-order valence-corrected chi connectivity index (χ0v) is 17.6. The maximum absolute atomic E-state index is 13.3. The van der Waals surface area contributed by atoms with Crippen LogP contribution in [-0.4, -0.2) is 48.3 Å². The van der Waals surface area contributed by atoms with Gasteiger partial charge in [0.2, 0.25) is 5.95 Å². The van der Waals surface area contributed by atoms with Gasteiger partial charge in [0.25, 0.3) is 11.5 Å². The predicted molar refractivity (Wildman–Crippen MR) is 116 cm³/mol. The number of aromatic amines is 1. The monoisotopic (exact) mass is 430 g/mol. The number of piperidine rings is 1. The van der Waals surface area contributed by atoms with Gasteiger partial charge < -0.3 is 9.64 Å². The number of likely N-dealkylation sites (tertiary alicyclic amines) is 1. The van der Waals surface area contributed by atoms with Crippen LogP contribution in [0.15, 0.2) is 53.6 Å². The molecule has 162 valence electrons. The Morgan fingerprint density at radius 3 is 2.81 bits per heavy atom. The number of ether oxygens (including phenoxy) is 1. The first-order valence-electron chi connectivity index (χ1n) is 10.7. The molecule has 1 aromatic carbocycles. The summed E-state index contributed by atoms with van der Waals surface area (Å²) in [6, 6.07) is 11.8. The van der Waals surface area contributed by atoms with Gasteiger partial charge in [-0.05, 0) is 43.0 Å². The lowest BCUT2D eigenvalue weighted by atomic mass is 9.83. The molecule has 32 heavy (non-hydrogen) atoms. The molecule has 6 rings (SSSR count). The zero-order valence-electron chi connectivity index (χ0n) is 17.6. The lowest BCUT2D eigenvalue weighted by molar-refractivity contribution is -0.0741. The third-order valence-electron chi connectivity index (χ3n) is 6.70. The second-order valence-electron chi connectivity index (χ2n) is 8.40. The lowest BCUT2D eigenvalue weighted by Gasteiger charge is -2.39. The average Bonchev–Trinajstić information content (AvgIpc) is 3.52. The zero-order chi connectivity index (χ0) is 21.9. The average molecular weight is 430 g/mol. The molecule has 4 aromatic rings. The van der Waals surface area contributed by atoms with Crippen LogP contribution < -0.4 is 5.56 Å². The number of nitrogens with zero attached hydrogens (tertiary/aromatic N) is 5. The van der Waals surface area contributed by atoms with Crippen LogP contribution in [0.1, 0.15) is 40.0 Å². The first-order valence-corrected chi connectivity index (χ1v) is 10.7. The molecule has 0 aliphatic carbocycles. The molecule has 1 amide bonds. The van der Waals surface area contributed by atoms with Crippen LogP contribution in [0.25, 0.3) is 11.5 Å². The fourth-order valence-corrected chi connectivity index (χ4v) is 4.90. The normalized spacial score (nSPS) is 17.2. The van der Waals surface area contributed by atoms with E-state index < -0.39 is 0 Å². The number of carbonyl (C=O) groups is 1. The van der Waals surface area contributed by atoms with E-state index in [2.05, 4.69) is 27.3 Å². The van der Waals surface area contributed by atoms with E-state index >= 15 is 0 Å². The Bertz CT molecular complexity index is 1410. The second kappa shape index (κ2) is 6.89. The summed E-state index contributed by atoms with van der Waals surface area (Å²) in [6.07, 6.45) is 4.78. The lowest BCUT2D eigenvalue weighted by Crippen LogP contribution is -2.45. The summed E-state index contributed by atoms with van der Waals surface area (Å²) < 4.78 is 9.21. The molecule has 2 aliphatic heterocycles. The first kappa shape index (κ1) is 19.0. The number of rotatable bonds is 2. The smallest absolute Gasteiger partial charge is 0.276 e. The minimum Gasteiger partial charge on any atom is -0.365 e. The van der Waals surface area contributed by atoms with Gasteiger partial charge in [-0.3, -0.25) is 14.6 Å². The molecule has 1 fully saturated rings. The molecule has 9 heteroatoms. The highest BCUT2D eigenvalue weighted by molar-refractivity contribution is 5.95. The van der Waals surface area contributed by atoms with E-state index in [-0.39, 0.29) is 23.0 Å². The van der Waals surface area contributed by atoms with E-state index in [1.165, 1.54) is 20.3 Å². The van der Waals surface area contributed by atoms with Crippen molar-refractivity contribution in [3.63, 3.8) is 0 Å². The number of hydrogen-bond acceptors (Lipinski definition) is 5. The number of amides is 1. The summed E-state index contributed by atoms with van der Waals surface area (Å²) in [5.74, 6) is 0.197. The van der Waals surface area contributed by atoms with Gasteiger partial charge in [0, 0.05) is 19.3 Å². The van der Waals surface area contributed by atoms with Crippen molar-refractivity contribution in [3.05, 3.63) is 81.5 Å². The summed E-state index contributed by atoms with van der Waals surface area (Å²) in [5.41, 5.74) is 3.53. The molecule has 0 radical (unpaired) electrons. The Labute approximate surface area is 183 Å². The van der Waals surface area contributed by atoms with Crippen molar-refractivity contribution < 1.29 is 9.53 Å². The SMILES string of the molecule is Cc1c(C(=O)N2CCC3(CC2)OCc2ccccc23)cnn1-c1nn2cccc2c(=O)[nH]1. The van der Waals surface area contributed by atoms with Crippen molar-refractivity contribution in [2.24, 2.45) is 0 Å². The molecule has 0 unspecified atom stereocenters. The third-order valence-corrected chi connectivity index (χ3v) is 6.70. The van der Waals surface area contributed by atoms with Crippen LogP contribution in [0, 0.1) is 6.92 Å². The van der Waals surface area contributed by atoms with Crippen LogP contribution in [0.5, 0.6) is 0 Å². The Balaban J connectivity index is 1.24. The van der Waals surface area contributed by atoms with E-state index in [1.807, 2.05) is 24.0 Å². The largest absolute Gasteiger partial charge is 0.365 e. The fraction of sp³-hybridized carbons (Fsp3) is 0.304. The topological polar surface area (TPSA) is 97.5 Å². The number of hydrogen-bond donors (Lipinski definition) is 1. The van der Waals surface area contributed by atoms with Crippen molar-refractivity contribution in [2.75, 3.05) is 13.1 Å². The van der Waals surface area contributed by atoms with Crippen molar-refractivity contribution in [1.29, 1.82) is 0 Å². The minimum atomic E-state index is -0.290. The van der Waals surface area contributed by atoms with E-state index in [9.17, 15) is 9.59 Å². The Kier molecular flexibility index (Phi) is 4.09. The first-order chi connectivity index (χ1) is 15.6. The van der Waals surface area contributed by atoms with Crippen LogP contribution in [0.2, 0.25) is 0 Å². The molecule has 1 spiro atoms. The number of carbonyl (C=O) groups excluding carboxylic acids is 1. The third kappa shape index (κ3) is 2.74. The van der Waals surface area contributed by atoms with E-state index in [0.717, 1.165) is 12.8 Å². The Hall–Kier alpha value is -3.72. The van der Waals surface area contributed by atoms with Gasteiger partial charge in [0.15, 0.2) is 0 Å². The molecule has 0 bridgehead atoms. The summed E-state index contributed by atoms with van der Waals surface area (Å²) in [7, 11) is 0. The van der Waals surface area contributed by atoms with Crippen LogP contribution in [0.3, 0.4) is 0 Å². The van der Waals surface area contributed by atoms with Crippen molar-refractivity contribution in [3.8, 4) is 5.95 Å². The molecule has 0 saturated carbocycles. The van der Waals surface area contributed by atoms with Crippen molar-refractivity contribution in [2.45, 2.75) is 32.0 Å². The van der Waals surface area contributed by atoms with Crippen molar-refractivity contribution in [1.82, 2.24) is 29.3 Å². The quantitative estimate of drug-likeness (QED) is 0.526. The highest BCUT2D eigenvalue weighted by atomic mass is 16.5. The minimum absolute atomic E-state index is 0.0701. The van der Waals surface area contributed by atoms with Crippen LogP contribution in [-0.2, 0) is 16.9 Å². The molecule has 0 atom stereocenters. The number of nitrogens with one attached hydrogen (secondary N) is 1. The summed E-state index contributed by atoms with van der Waals surface area (Å²) in [6.45, 7) is 3.67. The van der Waals surface area contributed by atoms with E-state index in [1.54, 1.807) is 24.5 Å². The maximum Gasteiger partial charge on any atom is 0.276 e. The van der Waals surface area contributed by atoms with Gasteiger partial charge in [0.05, 0.1) is 29.7 Å². The van der Waals surface area contributed by atoms with E-state index in [0.29, 0.717) is 36.5 Å². The van der Waals surface area contributed by atoms with Gasteiger partial charge in [-0.15, -0.1) is 5.10 Å². The molecular weight excluding hydrogens is 408 g/mol. The molecule has 1 saturated heterocycles. The summed E-state index contributed by atoms with van der Waals surface area (Å²) in [5, 5.41) is 8.74.